The topological polar surface area (TPSA) is 44.5 Å². The maximum absolute atomic E-state index is 12.0. The lowest BCUT2D eigenvalue weighted by atomic mass is 9.92. The Morgan fingerprint density at radius 2 is 2.00 bits per heavy atom. The molecule has 6 heteroatoms. The molecular weight excluding hydrogens is 271 g/mol. The van der Waals surface area contributed by atoms with Crippen molar-refractivity contribution in [2.75, 3.05) is 6.61 Å². The van der Waals surface area contributed by atoms with Crippen molar-refractivity contribution in [2.24, 2.45) is 11.7 Å². The van der Waals surface area contributed by atoms with E-state index in [2.05, 4.69) is 4.74 Å². The molecule has 0 amide bonds. The first kappa shape index (κ1) is 15.1. The highest BCUT2D eigenvalue weighted by atomic mass is 19.4. The molecule has 1 aliphatic heterocycles. The molecule has 3 atom stereocenters. The van der Waals surface area contributed by atoms with E-state index in [1.165, 1.54) is 12.1 Å². The van der Waals surface area contributed by atoms with E-state index in [-0.39, 0.29) is 17.9 Å². The van der Waals surface area contributed by atoms with E-state index >= 15 is 0 Å². The zero-order valence-corrected chi connectivity index (χ0v) is 11.2. The van der Waals surface area contributed by atoms with Crippen LogP contribution in [0.5, 0.6) is 5.75 Å². The minimum Gasteiger partial charge on any atom is -0.406 e. The first-order chi connectivity index (χ1) is 9.33. The van der Waals surface area contributed by atoms with E-state index < -0.39 is 6.36 Å². The van der Waals surface area contributed by atoms with Crippen molar-refractivity contribution in [3.8, 4) is 5.75 Å². The molecule has 0 aliphatic carbocycles. The molecule has 1 saturated heterocycles. The van der Waals surface area contributed by atoms with E-state index in [4.69, 9.17) is 10.5 Å². The third-order valence-corrected chi connectivity index (χ3v) is 3.46. The summed E-state index contributed by atoms with van der Waals surface area (Å²) in [5, 5.41) is 0. The predicted molar refractivity (Wildman–Crippen MR) is 68.3 cm³/mol. The van der Waals surface area contributed by atoms with Crippen LogP contribution in [0.2, 0.25) is 0 Å². The van der Waals surface area contributed by atoms with Gasteiger partial charge in [-0.15, -0.1) is 13.2 Å². The summed E-state index contributed by atoms with van der Waals surface area (Å²) in [4.78, 5) is 0. The zero-order valence-electron chi connectivity index (χ0n) is 11.2. The van der Waals surface area contributed by atoms with Gasteiger partial charge in [0.2, 0.25) is 0 Å². The average molecular weight is 289 g/mol. The van der Waals surface area contributed by atoms with Crippen LogP contribution in [0.15, 0.2) is 24.3 Å². The molecule has 0 bridgehead atoms. The summed E-state index contributed by atoms with van der Waals surface area (Å²) < 4.78 is 45.4. The molecule has 1 aromatic rings. The molecule has 3 nitrogen and oxygen atoms in total. The highest BCUT2D eigenvalue weighted by molar-refractivity contribution is 5.28. The molecule has 1 fully saturated rings. The summed E-state index contributed by atoms with van der Waals surface area (Å²) in [7, 11) is 0. The van der Waals surface area contributed by atoms with Crippen LogP contribution in [0.4, 0.5) is 13.2 Å². The van der Waals surface area contributed by atoms with Crippen LogP contribution in [-0.4, -0.2) is 25.1 Å². The number of ether oxygens (including phenoxy) is 2. The minimum absolute atomic E-state index is 0.0469. The summed E-state index contributed by atoms with van der Waals surface area (Å²) in [6, 6.07) is 5.79. The first-order valence-corrected chi connectivity index (χ1v) is 6.55. The number of rotatable bonds is 4. The molecule has 2 rings (SSSR count). The van der Waals surface area contributed by atoms with Gasteiger partial charge >= 0.3 is 6.36 Å². The maximum atomic E-state index is 12.0. The van der Waals surface area contributed by atoms with Crippen LogP contribution < -0.4 is 10.5 Å². The Bertz CT molecular complexity index is 433. The first-order valence-electron chi connectivity index (χ1n) is 6.55. The normalized spacial score (nSPS) is 24.6. The summed E-state index contributed by atoms with van der Waals surface area (Å²) in [6.45, 7) is 2.66. The molecule has 1 heterocycles. The number of hydrogen-bond acceptors (Lipinski definition) is 3. The van der Waals surface area contributed by atoms with Crippen molar-refractivity contribution in [3.05, 3.63) is 29.8 Å². The lowest BCUT2D eigenvalue weighted by Crippen LogP contribution is -2.32. The van der Waals surface area contributed by atoms with E-state index in [0.717, 1.165) is 12.0 Å². The molecule has 0 radical (unpaired) electrons. The van der Waals surface area contributed by atoms with Gasteiger partial charge in [-0.1, -0.05) is 12.1 Å². The van der Waals surface area contributed by atoms with Gasteiger partial charge in [0.05, 0.1) is 12.7 Å². The molecule has 0 saturated carbocycles. The second kappa shape index (κ2) is 6.01. The van der Waals surface area contributed by atoms with E-state index in [9.17, 15) is 13.2 Å². The lowest BCUT2D eigenvalue weighted by molar-refractivity contribution is -0.274. The molecule has 2 N–H and O–H groups in total. The Morgan fingerprint density at radius 1 is 1.35 bits per heavy atom. The molecule has 1 aromatic carbocycles. The lowest BCUT2D eigenvalue weighted by Gasteiger charge is -2.18. The standard InChI is InChI=1S/C14H18F3NO2/c1-9-6-11(8-19-9)13(18)7-10-2-4-12(5-3-10)20-14(15,16)17/h2-5,9,11,13H,6-8,18H2,1H3. The van der Waals surface area contributed by atoms with Gasteiger partial charge in [-0.2, -0.15) is 0 Å². The van der Waals surface area contributed by atoms with Crippen molar-refractivity contribution >= 4 is 0 Å². The fraction of sp³-hybridized carbons (Fsp3) is 0.571. The van der Waals surface area contributed by atoms with Gasteiger partial charge in [0, 0.05) is 12.0 Å². The molecule has 0 aromatic heterocycles. The SMILES string of the molecule is CC1CC(C(N)Cc2ccc(OC(F)(F)F)cc2)CO1. The predicted octanol–water partition coefficient (Wildman–Crippen LogP) is 2.88. The van der Waals surface area contributed by atoms with Crippen molar-refractivity contribution in [3.63, 3.8) is 0 Å². The summed E-state index contributed by atoms with van der Waals surface area (Å²) in [5.74, 6) is 0.0868. The van der Waals surface area contributed by atoms with Gasteiger partial charge in [0.25, 0.3) is 0 Å². The minimum atomic E-state index is -4.66. The van der Waals surface area contributed by atoms with Gasteiger partial charge in [-0.3, -0.25) is 0 Å². The summed E-state index contributed by atoms with van der Waals surface area (Å²) >= 11 is 0. The molecule has 0 spiro atoms. The van der Waals surface area contributed by atoms with Gasteiger partial charge in [0.15, 0.2) is 0 Å². The van der Waals surface area contributed by atoms with Gasteiger partial charge in [-0.05, 0) is 37.5 Å². The fourth-order valence-electron chi connectivity index (χ4n) is 2.41. The van der Waals surface area contributed by atoms with Gasteiger partial charge in [0.1, 0.15) is 5.75 Å². The smallest absolute Gasteiger partial charge is 0.406 e. The van der Waals surface area contributed by atoms with Crippen LogP contribution >= 0.6 is 0 Å². The Labute approximate surface area is 115 Å². The number of alkyl halides is 3. The van der Waals surface area contributed by atoms with Crippen LogP contribution in [0, 0.1) is 5.92 Å². The Morgan fingerprint density at radius 3 is 2.50 bits per heavy atom. The van der Waals surface area contributed by atoms with Crippen LogP contribution in [0.3, 0.4) is 0 Å². The Kier molecular flexibility index (Phi) is 4.55. The monoisotopic (exact) mass is 289 g/mol. The zero-order chi connectivity index (χ0) is 14.8. The molecular formula is C14H18F3NO2. The Balaban J connectivity index is 1.90. The van der Waals surface area contributed by atoms with E-state index in [1.807, 2.05) is 6.92 Å². The summed E-state index contributed by atoms with van der Waals surface area (Å²) in [5.41, 5.74) is 7.02. The Hall–Kier alpha value is -1.27. The summed E-state index contributed by atoms with van der Waals surface area (Å²) in [6.07, 6.45) is -2.88. The number of halogens is 3. The number of nitrogens with two attached hydrogens (primary N) is 1. The second-order valence-corrected chi connectivity index (χ2v) is 5.20. The maximum Gasteiger partial charge on any atom is 0.573 e. The third-order valence-electron chi connectivity index (χ3n) is 3.46. The van der Waals surface area contributed by atoms with Crippen molar-refractivity contribution in [1.82, 2.24) is 0 Å². The second-order valence-electron chi connectivity index (χ2n) is 5.20. The van der Waals surface area contributed by atoms with Crippen LogP contribution in [0.1, 0.15) is 18.9 Å². The third kappa shape index (κ3) is 4.38. The fourth-order valence-corrected chi connectivity index (χ4v) is 2.41. The quantitative estimate of drug-likeness (QED) is 0.927. The van der Waals surface area contributed by atoms with E-state index in [0.29, 0.717) is 18.9 Å². The molecule has 3 unspecified atom stereocenters. The molecule has 1 aliphatic rings. The average Bonchev–Trinajstić information content (AvgIpc) is 2.77. The molecule has 20 heavy (non-hydrogen) atoms. The number of hydrogen-bond donors (Lipinski definition) is 1. The van der Waals surface area contributed by atoms with Crippen LogP contribution in [0.25, 0.3) is 0 Å². The highest BCUT2D eigenvalue weighted by Crippen LogP contribution is 2.25. The largest absolute Gasteiger partial charge is 0.573 e. The molecule has 112 valence electrons. The van der Waals surface area contributed by atoms with Gasteiger partial charge < -0.3 is 15.2 Å². The van der Waals surface area contributed by atoms with Crippen molar-refractivity contribution < 1.29 is 22.6 Å². The van der Waals surface area contributed by atoms with Crippen molar-refractivity contribution in [2.45, 2.75) is 38.3 Å². The number of benzene rings is 1. The highest BCUT2D eigenvalue weighted by Gasteiger charge is 2.31. The van der Waals surface area contributed by atoms with Crippen LogP contribution in [-0.2, 0) is 11.2 Å². The van der Waals surface area contributed by atoms with Gasteiger partial charge in [-0.25, -0.2) is 0 Å². The van der Waals surface area contributed by atoms with Crippen molar-refractivity contribution in [1.29, 1.82) is 0 Å². The van der Waals surface area contributed by atoms with E-state index in [1.54, 1.807) is 12.1 Å².